The predicted octanol–water partition coefficient (Wildman–Crippen LogP) is 5.17. The van der Waals surface area contributed by atoms with Gasteiger partial charge in [0.25, 0.3) is 11.7 Å². The number of carbonyl (C=O) groups excluding carboxylic acids is 3. The van der Waals surface area contributed by atoms with Crippen molar-refractivity contribution in [3.8, 4) is 0 Å². The molecular formula is C25H18ClNO4. The number of anilines is 1. The normalized spacial score (nSPS) is 17.7. The van der Waals surface area contributed by atoms with E-state index < -0.39 is 17.7 Å². The molecule has 0 aliphatic carbocycles. The average molecular weight is 432 g/mol. The number of ketones is 2. The second-order valence-corrected chi connectivity index (χ2v) is 7.63. The third-order valence-electron chi connectivity index (χ3n) is 5.23. The van der Waals surface area contributed by atoms with Gasteiger partial charge < -0.3 is 5.11 Å². The zero-order chi connectivity index (χ0) is 22.1. The fraction of sp³-hybridized carbons (Fsp3) is 0.0800. The van der Waals surface area contributed by atoms with Crippen molar-refractivity contribution in [3.05, 3.63) is 106 Å². The molecule has 31 heavy (non-hydrogen) atoms. The molecule has 1 atom stereocenters. The highest BCUT2D eigenvalue weighted by Gasteiger charge is 2.46. The minimum Gasteiger partial charge on any atom is -0.507 e. The lowest BCUT2D eigenvalue weighted by atomic mass is 9.95. The molecule has 1 aliphatic heterocycles. The number of amides is 1. The number of carbonyl (C=O) groups is 3. The largest absolute Gasteiger partial charge is 0.507 e. The van der Waals surface area contributed by atoms with Crippen LogP contribution in [0.3, 0.4) is 0 Å². The molecule has 154 valence electrons. The average Bonchev–Trinajstić information content (AvgIpc) is 3.05. The van der Waals surface area contributed by atoms with Crippen molar-refractivity contribution >= 4 is 40.5 Å². The maximum absolute atomic E-state index is 13.1. The van der Waals surface area contributed by atoms with Gasteiger partial charge in [0, 0.05) is 21.8 Å². The molecule has 3 aromatic rings. The molecule has 1 amide bonds. The highest BCUT2D eigenvalue weighted by atomic mass is 35.5. The maximum Gasteiger partial charge on any atom is 0.300 e. The Kier molecular flexibility index (Phi) is 5.44. The zero-order valence-electron chi connectivity index (χ0n) is 16.6. The Labute approximate surface area is 184 Å². The molecule has 1 heterocycles. The number of nitrogens with zero attached hydrogens (tertiary/aromatic N) is 1. The van der Waals surface area contributed by atoms with Gasteiger partial charge in [-0.3, -0.25) is 19.3 Å². The monoisotopic (exact) mass is 431 g/mol. The topological polar surface area (TPSA) is 74.7 Å². The summed E-state index contributed by atoms with van der Waals surface area (Å²) >= 11 is 5.94. The fourth-order valence-corrected chi connectivity index (χ4v) is 3.80. The first-order valence-electron chi connectivity index (χ1n) is 9.61. The van der Waals surface area contributed by atoms with Gasteiger partial charge in [0.15, 0.2) is 5.78 Å². The van der Waals surface area contributed by atoms with E-state index in [0.717, 1.165) is 0 Å². The Morgan fingerprint density at radius 1 is 0.871 bits per heavy atom. The van der Waals surface area contributed by atoms with E-state index in [4.69, 9.17) is 11.6 Å². The first kappa shape index (κ1) is 20.6. The first-order chi connectivity index (χ1) is 14.9. The van der Waals surface area contributed by atoms with Crippen LogP contribution >= 0.6 is 11.6 Å². The lowest BCUT2D eigenvalue weighted by molar-refractivity contribution is -0.132. The second-order valence-electron chi connectivity index (χ2n) is 7.19. The van der Waals surface area contributed by atoms with Crippen molar-refractivity contribution in [3.63, 3.8) is 0 Å². The SMILES string of the molecule is CC(=O)c1ccc(N2C(=O)C(=O)/C(=C(/O)c3ccc(Cl)cc3)C2c2ccccc2)cc1. The van der Waals surface area contributed by atoms with Gasteiger partial charge in [-0.15, -0.1) is 0 Å². The first-order valence-corrected chi connectivity index (χ1v) is 9.99. The van der Waals surface area contributed by atoms with E-state index in [1.165, 1.54) is 11.8 Å². The van der Waals surface area contributed by atoms with Gasteiger partial charge in [0.05, 0.1) is 11.6 Å². The number of aliphatic hydroxyl groups excluding tert-OH is 1. The Bertz CT molecular complexity index is 1200. The van der Waals surface area contributed by atoms with Crippen molar-refractivity contribution in [2.24, 2.45) is 0 Å². The zero-order valence-corrected chi connectivity index (χ0v) is 17.3. The molecule has 0 spiro atoms. The van der Waals surface area contributed by atoms with E-state index in [1.807, 2.05) is 6.07 Å². The van der Waals surface area contributed by atoms with Crippen molar-refractivity contribution in [1.82, 2.24) is 0 Å². The van der Waals surface area contributed by atoms with Crippen molar-refractivity contribution in [2.45, 2.75) is 13.0 Å². The number of rotatable bonds is 4. The van der Waals surface area contributed by atoms with Crippen molar-refractivity contribution < 1.29 is 19.5 Å². The highest BCUT2D eigenvalue weighted by Crippen LogP contribution is 2.42. The molecule has 5 nitrogen and oxygen atoms in total. The summed E-state index contributed by atoms with van der Waals surface area (Å²) in [7, 11) is 0. The summed E-state index contributed by atoms with van der Waals surface area (Å²) in [6.07, 6.45) is 0. The number of hydrogen-bond donors (Lipinski definition) is 1. The third kappa shape index (κ3) is 3.76. The van der Waals surface area contributed by atoms with Gasteiger partial charge in [0.2, 0.25) is 0 Å². The van der Waals surface area contributed by atoms with Crippen molar-refractivity contribution in [1.29, 1.82) is 0 Å². The van der Waals surface area contributed by atoms with Crippen LogP contribution in [0.5, 0.6) is 0 Å². The molecule has 3 aromatic carbocycles. The van der Waals surface area contributed by atoms with E-state index >= 15 is 0 Å². The molecule has 0 bridgehead atoms. The van der Waals surface area contributed by atoms with Gasteiger partial charge in [-0.2, -0.15) is 0 Å². The summed E-state index contributed by atoms with van der Waals surface area (Å²) in [6, 6.07) is 21.1. The van der Waals surface area contributed by atoms with E-state index in [-0.39, 0.29) is 17.1 Å². The Hall–Kier alpha value is -3.70. The molecule has 1 fully saturated rings. The third-order valence-corrected chi connectivity index (χ3v) is 5.48. The Morgan fingerprint density at radius 2 is 1.45 bits per heavy atom. The summed E-state index contributed by atoms with van der Waals surface area (Å²) in [5.74, 6) is -1.90. The molecule has 1 saturated heterocycles. The maximum atomic E-state index is 13.1. The van der Waals surface area contributed by atoms with Crippen LogP contribution in [-0.4, -0.2) is 22.6 Å². The van der Waals surface area contributed by atoms with Crippen LogP contribution in [0.15, 0.2) is 84.4 Å². The van der Waals surface area contributed by atoms with Gasteiger partial charge in [0.1, 0.15) is 5.76 Å². The van der Waals surface area contributed by atoms with Crippen LogP contribution in [-0.2, 0) is 9.59 Å². The molecule has 0 radical (unpaired) electrons. The molecule has 0 aromatic heterocycles. The Morgan fingerprint density at radius 3 is 2.03 bits per heavy atom. The smallest absolute Gasteiger partial charge is 0.300 e. The predicted molar refractivity (Wildman–Crippen MR) is 119 cm³/mol. The fourth-order valence-electron chi connectivity index (χ4n) is 3.67. The highest BCUT2D eigenvalue weighted by molar-refractivity contribution is 6.51. The number of aliphatic hydroxyl groups is 1. The summed E-state index contributed by atoms with van der Waals surface area (Å²) in [5, 5.41) is 11.5. The van der Waals surface area contributed by atoms with Crippen LogP contribution in [0.1, 0.15) is 34.5 Å². The summed E-state index contributed by atoms with van der Waals surface area (Å²) in [4.78, 5) is 39.1. The molecule has 0 saturated carbocycles. The van der Waals surface area contributed by atoms with E-state index in [0.29, 0.717) is 27.4 Å². The summed E-state index contributed by atoms with van der Waals surface area (Å²) in [5.41, 5.74) is 2.01. The molecule has 1 aliphatic rings. The van der Waals surface area contributed by atoms with Crippen molar-refractivity contribution in [2.75, 3.05) is 4.90 Å². The lowest BCUT2D eigenvalue weighted by Gasteiger charge is -2.25. The summed E-state index contributed by atoms with van der Waals surface area (Å²) < 4.78 is 0. The van der Waals surface area contributed by atoms with Crippen LogP contribution in [0.4, 0.5) is 5.69 Å². The molecule has 6 heteroatoms. The minimum absolute atomic E-state index is 0.00540. The van der Waals surface area contributed by atoms with Gasteiger partial charge in [-0.1, -0.05) is 41.9 Å². The number of Topliss-reactive ketones (excluding diaryl/α,β-unsaturated/α-hetero) is 2. The standard InChI is InChI=1S/C25H18ClNO4/c1-15(28)16-9-13-20(14-10-16)27-22(17-5-3-2-4-6-17)21(24(30)25(27)31)23(29)18-7-11-19(26)12-8-18/h2-14,22,29H,1H3/b23-21+. The number of benzene rings is 3. The van der Waals surface area contributed by atoms with E-state index in [1.54, 1.807) is 72.8 Å². The lowest BCUT2D eigenvalue weighted by Crippen LogP contribution is -2.29. The quantitative estimate of drug-likeness (QED) is 0.267. The van der Waals surface area contributed by atoms with Crippen LogP contribution < -0.4 is 4.90 Å². The van der Waals surface area contributed by atoms with Crippen LogP contribution in [0, 0.1) is 0 Å². The van der Waals surface area contributed by atoms with E-state index in [2.05, 4.69) is 0 Å². The van der Waals surface area contributed by atoms with E-state index in [9.17, 15) is 19.5 Å². The van der Waals surface area contributed by atoms with Crippen LogP contribution in [0.2, 0.25) is 5.02 Å². The summed E-state index contributed by atoms with van der Waals surface area (Å²) in [6.45, 7) is 1.46. The number of hydrogen-bond acceptors (Lipinski definition) is 4. The van der Waals surface area contributed by atoms with Crippen LogP contribution in [0.25, 0.3) is 5.76 Å². The molecular weight excluding hydrogens is 414 g/mol. The van der Waals surface area contributed by atoms with Gasteiger partial charge in [-0.25, -0.2) is 0 Å². The number of halogens is 1. The second kappa shape index (κ2) is 8.20. The molecule has 4 rings (SSSR count). The molecule has 1 unspecified atom stereocenters. The van der Waals surface area contributed by atoms with Gasteiger partial charge in [-0.05, 0) is 61.0 Å². The molecule has 1 N–H and O–H groups in total. The minimum atomic E-state index is -0.819. The Balaban J connectivity index is 1.90. The van der Waals surface area contributed by atoms with Gasteiger partial charge >= 0.3 is 0 Å².